The lowest BCUT2D eigenvalue weighted by molar-refractivity contribution is 0.671. The normalized spacial score (nSPS) is 10.6. The van der Waals surface area contributed by atoms with Gasteiger partial charge in [-0.05, 0) is 19.2 Å². The Hall–Kier alpha value is -1.75. The Labute approximate surface area is 94.5 Å². The third kappa shape index (κ3) is 2.25. The second kappa shape index (κ2) is 4.85. The molecule has 0 fully saturated rings. The van der Waals surface area contributed by atoms with Gasteiger partial charge in [-0.15, -0.1) is 5.10 Å². The molecule has 5 nitrogen and oxygen atoms in total. The SMILES string of the molecule is CNCCc1nc(-c2ccccn2)nn1C. The molecule has 0 saturated heterocycles. The van der Waals surface area contributed by atoms with Gasteiger partial charge >= 0.3 is 0 Å². The molecule has 0 aromatic carbocycles. The molecule has 1 N–H and O–H groups in total. The molecule has 0 aliphatic carbocycles. The van der Waals surface area contributed by atoms with Gasteiger partial charge in [-0.1, -0.05) is 6.07 Å². The number of pyridine rings is 1. The molecule has 2 rings (SSSR count). The molecule has 16 heavy (non-hydrogen) atoms. The van der Waals surface area contributed by atoms with Crippen LogP contribution >= 0.6 is 0 Å². The number of aryl methyl sites for hydroxylation is 1. The van der Waals surface area contributed by atoms with Crippen molar-refractivity contribution in [2.45, 2.75) is 6.42 Å². The fourth-order valence-electron chi connectivity index (χ4n) is 1.47. The molecule has 0 amide bonds. The summed E-state index contributed by atoms with van der Waals surface area (Å²) in [6.07, 6.45) is 2.62. The largest absolute Gasteiger partial charge is 0.319 e. The van der Waals surface area contributed by atoms with Crippen LogP contribution in [0.5, 0.6) is 0 Å². The van der Waals surface area contributed by atoms with Crippen LogP contribution in [0.2, 0.25) is 0 Å². The maximum Gasteiger partial charge on any atom is 0.199 e. The van der Waals surface area contributed by atoms with Crippen molar-refractivity contribution in [2.24, 2.45) is 7.05 Å². The number of aromatic nitrogens is 4. The lowest BCUT2D eigenvalue weighted by Crippen LogP contribution is -2.13. The monoisotopic (exact) mass is 217 g/mol. The van der Waals surface area contributed by atoms with Crippen LogP contribution in [-0.4, -0.2) is 33.3 Å². The first-order chi connectivity index (χ1) is 7.81. The molecule has 5 heteroatoms. The van der Waals surface area contributed by atoms with Crippen LogP contribution in [0.1, 0.15) is 5.82 Å². The molecule has 0 spiro atoms. The van der Waals surface area contributed by atoms with Crippen molar-refractivity contribution in [3.8, 4) is 11.5 Å². The van der Waals surface area contributed by atoms with E-state index in [1.54, 1.807) is 10.9 Å². The molecule has 0 aliphatic rings. The predicted octanol–water partition coefficient (Wildman–Crippen LogP) is 0.639. The average Bonchev–Trinajstić information content (AvgIpc) is 2.69. The van der Waals surface area contributed by atoms with Gasteiger partial charge in [0.05, 0.1) is 0 Å². The maximum atomic E-state index is 4.47. The van der Waals surface area contributed by atoms with E-state index in [0.717, 1.165) is 24.5 Å². The maximum absolute atomic E-state index is 4.47. The minimum atomic E-state index is 0.689. The number of likely N-dealkylation sites (N-methyl/N-ethyl adjacent to an activating group) is 1. The smallest absolute Gasteiger partial charge is 0.199 e. The molecule has 2 aromatic rings. The second-order valence-corrected chi connectivity index (χ2v) is 3.54. The van der Waals surface area contributed by atoms with Gasteiger partial charge in [0, 0.05) is 26.2 Å². The highest BCUT2D eigenvalue weighted by Gasteiger charge is 2.08. The van der Waals surface area contributed by atoms with Gasteiger partial charge in [0.15, 0.2) is 5.82 Å². The first-order valence-corrected chi connectivity index (χ1v) is 5.27. The van der Waals surface area contributed by atoms with Gasteiger partial charge < -0.3 is 5.32 Å². The quantitative estimate of drug-likeness (QED) is 0.816. The summed E-state index contributed by atoms with van der Waals surface area (Å²) in [7, 11) is 3.83. The van der Waals surface area contributed by atoms with E-state index in [-0.39, 0.29) is 0 Å². The minimum Gasteiger partial charge on any atom is -0.319 e. The highest BCUT2D eigenvalue weighted by Crippen LogP contribution is 2.11. The Bertz CT molecular complexity index is 449. The van der Waals surface area contributed by atoms with Crippen molar-refractivity contribution in [3.63, 3.8) is 0 Å². The highest BCUT2D eigenvalue weighted by atomic mass is 15.3. The fraction of sp³-hybridized carbons (Fsp3) is 0.364. The van der Waals surface area contributed by atoms with E-state index < -0.39 is 0 Å². The zero-order chi connectivity index (χ0) is 11.4. The van der Waals surface area contributed by atoms with E-state index in [9.17, 15) is 0 Å². The van der Waals surface area contributed by atoms with Gasteiger partial charge in [-0.3, -0.25) is 9.67 Å². The lowest BCUT2D eigenvalue weighted by atomic mass is 10.3. The molecule has 2 aromatic heterocycles. The van der Waals surface area contributed by atoms with Gasteiger partial charge in [-0.25, -0.2) is 4.98 Å². The summed E-state index contributed by atoms with van der Waals surface area (Å²) >= 11 is 0. The summed E-state index contributed by atoms with van der Waals surface area (Å²) in [5.74, 6) is 1.66. The Balaban J connectivity index is 2.24. The molecular formula is C11H15N5. The van der Waals surface area contributed by atoms with Crippen LogP contribution in [0.3, 0.4) is 0 Å². The summed E-state index contributed by atoms with van der Waals surface area (Å²) in [5, 5.41) is 7.44. The van der Waals surface area contributed by atoms with E-state index in [1.165, 1.54) is 0 Å². The molecule has 0 bridgehead atoms. The standard InChI is InChI=1S/C11H15N5/c1-12-8-6-10-14-11(15-16(10)2)9-5-3-4-7-13-9/h3-5,7,12H,6,8H2,1-2H3. The summed E-state index contributed by atoms with van der Waals surface area (Å²) in [4.78, 5) is 8.70. The van der Waals surface area contributed by atoms with Gasteiger partial charge in [0.2, 0.25) is 0 Å². The molecular weight excluding hydrogens is 202 g/mol. The number of nitrogens with one attached hydrogen (secondary N) is 1. The van der Waals surface area contributed by atoms with E-state index in [1.807, 2.05) is 32.3 Å². The molecule has 0 atom stereocenters. The van der Waals surface area contributed by atoms with Crippen molar-refractivity contribution < 1.29 is 0 Å². The van der Waals surface area contributed by atoms with Gasteiger partial charge in [-0.2, -0.15) is 0 Å². The zero-order valence-corrected chi connectivity index (χ0v) is 9.51. The average molecular weight is 217 g/mol. The Morgan fingerprint density at radius 3 is 2.94 bits per heavy atom. The van der Waals surface area contributed by atoms with Gasteiger partial charge in [0.25, 0.3) is 0 Å². The topological polar surface area (TPSA) is 55.6 Å². The van der Waals surface area contributed by atoms with Crippen molar-refractivity contribution >= 4 is 0 Å². The molecule has 0 aliphatic heterocycles. The zero-order valence-electron chi connectivity index (χ0n) is 9.51. The van der Waals surface area contributed by atoms with E-state index in [0.29, 0.717) is 5.82 Å². The molecule has 84 valence electrons. The summed E-state index contributed by atoms with van der Waals surface area (Å²) < 4.78 is 1.81. The van der Waals surface area contributed by atoms with Crippen molar-refractivity contribution in [3.05, 3.63) is 30.2 Å². The molecule has 2 heterocycles. The molecule has 0 radical (unpaired) electrons. The first kappa shape index (κ1) is 10.8. The second-order valence-electron chi connectivity index (χ2n) is 3.54. The highest BCUT2D eigenvalue weighted by molar-refractivity contribution is 5.47. The summed E-state index contributed by atoms with van der Waals surface area (Å²) in [5.41, 5.74) is 0.814. The summed E-state index contributed by atoms with van der Waals surface area (Å²) in [6.45, 7) is 0.897. The van der Waals surface area contributed by atoms with Crippen LogP contribution in [-0.2, 0) is 13.5 Å². The van der Waals surface area contributed by atoms with Crippen LogP contribution in [0.4, 0.5) is 0 Å². The van der Waals surface area contributed by atoms with Crippen LogP contribution in [0, 0.1) is 0 Å². The fourth-order valence-corrected chi connectivity index (χ4v) is 1.47. The number of hydrogen-bond donors (Lipinski definition) is 1. The van der Waals surface area contributed by atoms with E-state index in [2.05, 4.69) is 20.4 Å². The third-order valence-corrected chi connectivity index (χ3v) is 2.35. The number of rotatable bonds is 4. The lowest BCUT2D eigenvalue weighted by Gasteiger charge is -1.97. The Morgan fingerprint density at radius 1 is 1.38 bits per heavy atom. The predicted molar refractivity (Wildman–Crippen MR) is 61.9 cm³/mol. The number of hydrogen-bond acceptors (Lipinski definition) is 4. The van der Waals surface area contributed by atoms with Crippen LogP contribution in [0.15, 0.2) is 24.4 Å². The van der Waals surface area contributed by atoms with E-state index in [4.69, 9.17) is 0 Å². The van der Waals surface area contributed by atoms with E-state index >= 15 is 0 Å². The molecule has 0 unspecified atom stereocenters. The Kier molecular flexibility index (Phi) is 3.26. The van der Waals surface area contributed by atoms with Crippen molar-refractivity contribution in [1.82, 2.24) is 25.1 Å². The van der Waals surface area contributed by atoms with Crippen molar-refractivity contribution in [2.75, 3.05) is 13.6 Å². The first-order valence-electron chi connectivity index (χ1n) is 5.27. The minimum absolute atomic E-state index is 0.689. The summed E-state index contributed by atoms with van der Waals surface area (Å²) in [6, 6.07) is 5.73. The van der Waals surface area contributed by atoms with Crippen LogP contribution < -0.4 is 5.32 Å². The third-order valence-electron chi connectivity index (χ3n) is 2.35. The number of nitrogens with zero attached hydrogens (tertiary/aromatic N) is 4. The molecule has 0 saturated carbocycles. The Morgan fingerprint density at radius 2 is 2.25 bits per heavy atom. The van der Waals surface area contributed by atoms with Crippen molar-refractivity contribution in [1.29, 1.82) is 0 Å². The van der Waals surface area contributed by atoms with Gasteiger partial charge in [0.1, 0.15) is 11.5 Å². The van der Waals surface area contributed by atoms with Crippen LogP contribution in [0.25, 0.3) is 11.5 Å².